The second-order valence-corrected chi connectivity index (χ2v) is 9.42. The normalized spacial score (nSPS) is 15.3. The van der Waals surface area contributed by atoms with Crippen molar-refractivity contribution in [1.29, 1.82) is 0 Å². The predicted molar refractivity (Wildman–Crippen MR) is 97.2 cm³/mol. The predicted octanol–water partition coefficient (Wildman–Crippen LogP) is 8.12. The van der Waals surface area contributed by atoms with Crippen molar-refractivity contribution in [2.75, 3.05) is 0 Å². The summed E-state index contributed by atoms with van der Waals surface area (Å²) in [6, 6.07) is 5.20. The van der Waals surface area contributed by atoms with Crippen LogP contribution in [0, 0.1) is 0 Å². The van der Waals surface area contributed by atoms with Gasteiger partial charge in [-0.25, -0.2) is 0 Å². The quantitative estimate of drug-likeness (QED) is 0.291. The maximum Gasteiger partial charge on any atom is 0.460 e. The molecule has 1 rings (SSSR count). The van der Waals surface area contributed by atoms with E-state index in [9.17, 15) is 70.7 Å². The average Bonchev–Trinajstić information content (AvgIpc) is 2.69. The molecule has 208 valence electrons. The van der Waals surface area contributed by atoms with Gasteiger partial charge in [0.25, 0.3) is 5.12 Å². The minimum Gasteiger partial charge on any atom is -0.280 e. The molecule has 1 aromatic carbocycles. The molecule has 0 aromatic heterocycles. The van der Waals surface area contributed by atoms with E-state index in [0.29, 0.717) is 5.56 Å². The van der Waals surface area contributed by atoms with Crippen molar-refractivity contribution >= 4 is 16.9 Å². The summed E-state index contributed by atoms with van der Waals surface area (Å²) in [6.07, 6.45) is -7.68. The Morgan fingerprint density at radius 1 is 0.611 bits per heavy atom. The summed E-state index contributed by atoms with van der Waals surface area (Å²) < 4.78 is 198. The first kappa shape index (κ1) is 32.2. The molecule has 0 aliphatic carbocycles. The Hall–Kier alpha value is -1.81. The zero-order valence-corrected chi connectivity index (χ0v) is 18.8. The van der Waals surface area contributed by atoms with Gasteiger partial charge in [0.1, 0.15) is 0 Å². The van der Waals surface area contributed by atoms with Gasteiger partial charge in [-0.2, -0.15) is 65.9 Å². The van der Waals surface area contributed by atoms with Gasteiger partial charge in [0, 0.05) is 5.75 Å². The molecule has 0 aliphatic rings. The molecular weight excluding hydrogens is 561 g/mol. The Morgan fingerprint density at radius 2 is 0.972 bits per heavy atom. The summed E-state index contributed by atoms with van der Waals surface area (Å²) in [5, 5.41) is -3.27. The van der Waals surface area contributed by atoms with E-state index >= 15 is 0 Å². The molecule has 0 heterocycles. The summed E-state index contributed by atoms with van der Waals surface area (Å²) in [6.45, 7) is 5.27. The smallest absolute Gasteiger partial charge is 0.280 e. The van der Waals surface area contributed by atoms with E-state index in [4.69, 9.17) is 0 Å². The molecular formula is C19H15F15OS. The van der Waals surface area contributed by atoms with E-state index < -0.39 is 69.8 Å². The number of hydrogen-bond donors (Lipinski definition) is 0. The molecule has 0 amide bonds. The second-order valence-electron chi connectivity index (χ2n) is 8.47. The highest BCUT2D eigenvalue weighted by atomic mass is 32.2. The number of benzene rings is 1. The third-order valence-electron chi connectivity index (χ3n) is 4.77. The van der Waals surface area contributed by atoms with Crippen molar-refractivity contribution in [2.45, 2.75) is 73.7 Å². The standard InChI is InChI=1S/C19H15F15OS/c1-12(2,3)10-6-4-9(5-7-10)8-36-11(35)13(20,21)14(22,23)15(24,25)16(26,27)17(28,29)18(30,31)19(32,33)34/h4-7H,8H2,1-3H3. The maximum atomic E-state index is 13.9. The van der Waals surface area contributed by atoms with Gasteiger partial charge >= 0.3 is 41.7 Å². The lowest BCUT2D eigenvalue weighted by molar-refractivity contribution is -0.449. The Kier molecular flexibility index (Phi) is 8.22. The highest BCUT2D eigenvalue weighted by Gasteiger charge is 2.94. The molecule has 36 heavy (non-hydrogen) atoms. The number of carbonyl (C=O) groups excluding carboxylic acids is 1. The van der Waals surface area contributed by atoms with Gasteiger partial charge < -0.3 is 0 Å². The van der Waals surface area contributed by atoms with Gasteiger partial charge in [0.15, 0.2) is 0 Å². The zero-order valence-electron chi connectivity index (χ0n) is 18.0. The summed E-state index contributed by atoms with van der Waals surface area (Å²) in [4.78, 5) is 11.5. The van der Waals surface area contributed by atoms with E-state index in [1.807, 2.05) is 0 Å². The fourth-order valence-corrected chi connectivity index (χ4v) is 3.24. The number of hydrogen-bond acceptors (Lipinski definition) is 2. The van der Waals surface area contributed by atoms with Crippen molar-refractivity contribution in [2.24, 2.45) is 0 Å². The van der Waals surface area contributed by atoms with E-state index in [0.717, 1.165) is 0 Å². The van der Waals surface area contributed by atoms with Crippen LogP contribution in [0.2, 0.25) is 0 Å². The molecule has 1 aromatic rings. The summed E-state index contributed by atoms with van der Waals surface area (Å²) in [7, 11) is 0. The molecule has 0 bridgehead atoms. The fourth-order valence-electron chi connectivity index (χ4n) is 2.44. The molecule has 0 saturated heterocycles. The number of thioether (sulfide) groups is 1. The van der Waals surface area contributed by atoms with Crippen molar-refractivity contribution in [3.05, 3.63) is 35.4 Å². The molecule has 0 spiro atoms. The third-order valence-corrected chi connectivity index (χ3v) is 5.77. The Bertz CT molecular complexity index is 943. The Balaban J connectivity index is 3.30. The van der Waals surface area contributed by atoms with Crippen LogP contribution in [0.4, 0.5) is 65.9 Å². The summed E-state index contributed by atoms with van der Waals surface area (Å²) in [5.74, 6) is -48.8. The van der Waals surface area contributed by atoms with Crippen molar-refractivity contribution in [3.8, 4) is 0 Å². The molecule has 0 radical (unpaired) electrons. The van der Waals surface area contributed by atoms with Crippen LogP contribution in [-0.2, 0) is 16.0 Å². The maximum absolute atomic E-state index is 13.9. The van der Waals surface area contributed by atoms with Crippen LogP contribution in [0.3, 0.4) is 0 Å². The minimum absolute atomic E-state index is 0.0473. The summed E-state index contributed by atoms with van der Waals surface area (Å²) >= 11 is -0.842. The van der Waals surface area contributed by atoms with Crippen LogP contribution in [0.1, 0.15) is 31.9 Å². The van der Waals surface area contributed by atoms with Gasteiger partial charge in [-0.3, -0.25) is 4.79 Å². The first-order valence-corrected chi connectivity index (χ1v) is 10.2. The molecule has 0 saturated carbocycles. The average molecular weight is 576 g/mol. The number of halogens is 15. The van der Waals surface area contributed by atoms with Crippen molar-refractivity contribution in [1.82, 2.24) is 0 Å². The molecule has 0 unspecified atom stereocenters. The van der Waals surface area contributed by atoms with E-state index in [1.165, 1.54) is 24.3 Å². The van der Waals surface area contributed by atoms with E-state index in [1.54, 1.807) is 20.8 Å². The largest absolute Gasteiger partial charge is 0.460 e. The lowest BCUT2D eigenvalue weighted by Crippen LogP contribution is -2.73. The van der Waals surface area contributed by atoms with Gasteiger partial charge in [0.05, 0.1) is 0 Å². The molecule has 0 atom stereocenters. The number of carbonyl (C=O) groups is 1. The van der Waals surface area contributed by atoms with Crippen LogP contribution in [0.15, 0.2) is 24.3 Å². The molecule has 0 N–H and O–H groups in total. The van der Waals surface area contributed by atoms with E-state index in [2.05, 4.69) is 0 Å². The lowest BCUT2D eigenvalue weighted by Gasteiger charge is -2.41. The van der Waals surface area contributed by atoms with Crippen LogP contribution in [-0.4, -0.2) is 46.8 Å². The van der Waals surface area contributed by atoms with Crippen molar-refractivity contribution < 1.29 is 70.7 Å². The monoisotopic (exact) mass is 576 g/mol. The minimum atomic E-state index is -8.42. The Labute approximate surface area is 197 Å². The van der Waals surface area contributed by atoms with Crippen LogP contribution in [0.5, 0.6) is 0 Å². The van der Waals surface area contributed by atoms with E-state index in [-0.39, 0.29) is 5.56 Å². The second kappa shape index (κ2) is 9.19. The number of alkyl halides is 15. The summed E-state index contributed by atoms with van der Waals surface area (Å²) in [5.41, 5.74) is 0.199. The molecule has 0 fully saturated rings. The highest BCUT2D eigenvalue weighted by molar-refractivity contribution is 8.13. The molecule has 0 aliphatic heterocycles. The third kappa shape index (κ3) is 4.99. The van der Waals surface area contributed by atoms with Gasteiger partial charge in [-0.05, 0) is 16.5 Å². The number of rotatable bonds is 8. The fraction of sp³-hybridized carbons (Fsp3) is 0.632. The van der Waals surface area contributed by atoms with Gasteiger partial charge in [-0.15, -0.1) is 0 Å². The topological polar surface area (TPSA) is 17.1 Å². The van der Waals surface area contributed by atoms with Crippen molar-refractivity contribution in [3.63, 3.8) is 0 Å². The molecule has 17 heteroatoms. The zero-order chi connectivity index (χ0) is 29.0. The van der Waals surface area contributed by atoms with Crippen LogP contribution < -0.4 is 0 Å². The molecule has 1 nitrogen and oxygen atoms in total. The van der Waals surface area contributed by atoms with Gasteiger partial charge in [0.2, 0.25) is 0 Å². The Morgan fingerprint density at radius 3 is 1.33 bits per heavy atom. The SMILES string of the molecule is CC(C)(C)c1ccc(CSC(=O)C(F)(F)C(F)(F)C(F)(F)C(F)(F)C(F)(F)C(F)(F)C(F)(F)F)cc1. The highest BCUT2D eigenvalue weighted by Crippen LogP contribution is 2.62. The first-order chi connectivity index (χ1) is 15.6. The van der Waals surface area contributed by atoms with Crippen LogP contribution >= 0.6 is 11.8 Å². The lowest BCUT2D eigenvalue weighted by atomic mass is 9.87. The first-order valence-electron chi connectivity index (χ1n) is 9.21. The van der Waals surface area contributed by atoms with Crippen LogP contribution in [0.25, 0.3) is 0 Å². The van der Waals surface area contributed by atoms with Gasteiger partial charge in [-0.1, -0.05) is 56.8 Å².